The molecule has 0 heterocycles. The Labute approximate surface area is 99.7 Å². The smallest absolute Gasteiger partial charge is 0.190 e. The van der Waals surface area contributed by atoms with Gasteiger partial charge in [-0.2, -0.15) is 0 Å². The predicted octanol–water partition coefficient (Wildman–Crippen LogP) is 2.10. The number of ether oxygens (including phenoxy) is 2. The van der Waals surface area contributed by atoms with Crippen LogP contribution in [0.5, 0.6) is 5.75 Å². The minimum absolute atomic E-state index is 0.229. The summed E-state index contributed by atoms with van der Waals surface area (Å²) < 4.78 is 36.9. The average Bonchev–Trinajstić information content (AvgIpc) is 2.27. The van der Waals surface area contributed by atoms with Crippen molar-refractivity contribution in [3.63, 3.8) is 0 Å². The molecule has 0 bridgehead atoms. The maximum atomic E-state index is 13.5. The molecule has 1 aromatic carbocycles. The minimum atomic E-state index is -0.673. The van der Waals surface area contributed by atoms with Crippen molar-refractivity contribution >= 4 is 0 Å². The van der Waals surface area contributed by atoms with E-state index in [9.17, 15) is 8.78 Å². The lowest BCUT2D eigenvalue weighted by Gasteiger charge is -2.09. The lowest BCUT2D eigenvalue weighted by atomic mass is 10.2. The second-order valence-corrected chi connectivity index (χ2v) is 3.61. The third-order valence-corrected chi connectivity index (χ3v) is 2.18. The highest BCUT2D eigenvalue weighted by molar-refractivity contribution is 5.31. The molecule has 0 fully saturated rings. The van der Waals surface area contributed by atoms with E-state index in [1.807, 2.05) is 0 Å². The summed E-state index contributed by atoms with van der Waals surface area (Å²) in [5.74, 6) is -1.67. The molecule has 0 unspecified atom stereocenters. The van der Waals surface area contributed by atoms with Crippen molar-refractivity contribution in [1.82, 2.24) is 5.32 Å². The van der Waals surface area contributed by atoms with Crippen LogP contribution in [0.25, 0.3) is 0 Å². The van der Waals surface area contributed by atoms with Crippen molar-refractivity contribution < 1.29 is 18.3 Å². The standard InChI is InChI=1S/C12H17F2NO2/c1-15-8-9-6-10(13)12(11(14)7-9)17-5-3-4-16-2/h6-7,15H,3-5,8H2,1-2H3. The van der Waals surface area contributed by atoms with Gasteiger partial charge in [-0.25, -0.2) is 8.78 Å². The number of halogens is 2. The number of rotatable bonds is 7. The molecule has 0 aliphatic carbocycles. The van der Waals surface area contributed by atoms with Crippen molar-refractivity contribution in [2.24, 2.45) is 0 Å². The maximum Gasteiger partial charge on any atom is 0.190 e. The Hall–Kier alpha value is -1.20. The summed E-state index contributed by atoms with van der Waals surface area (Å²) in [5, 5.41) is 2.83. The largest absolute Gasteiger partial charge is 0.488 e. The van der Waals surface area contributed by atoms with Crippen LogP contribution in [0.3, 0.4) is 0 Å². The van der Waals surface area contributed by atoms with Crippen LogP contribution in [0.1, 0.15) is 12.0 Å². The Balaban J connectivity index is 2.65. The molecule has 0 radical (unpaired) electrons. The molecule has 96 valence electrons. The van der Waals surface area contributed by atoms with Crippen molar-refractivity contribution in [2.45, 2.75) is 13.0 Å². The summed E-state index contributed by atoms with van der Waals surface area (Å²) in [6.45, 7) is 1.14. The quantitative estimate of drug-likeness (QED) is 0.746. The average molecular weight is 245 g/mol. The minimum Gasteiger partial charge on any atom is -0.488 e. The molecule has 0 spiro atoms. The van der Waals surface area contributed by atoms with E-state index in [4.69, 9.17) is 9.47 Å². The van der Waals surface area contributed by atoms with Crippen LogP contribution in [0.15, 0.2) is 12.1 Å². The first-order valence-corrected chi connectivity index (χ1v) is 5.43. The topological polar surface area (TPSA) is 30.5 Å². The van der Waals surface area contributed by atoms with Crippen molar-refractivity contribution in [1.29, 1.82) is 0 Å². The molecule has 0 atom stereocenters. The van der Waals surface area contributed by atoms with Crippen molar-refractivity contribution in [3.8, 4) is 5.75 Å². The van der Waals surface area contributed by atoms with Crippen LogP contribution in [0.2, 0.25) is 0 Å². The van der Waals surface area contributed by atoms with Gasteiger partial charge in [-0.15, -0.1) is 0 Å². The molecule has 0 aliphatic rings. The molecule has 0 aromatic heterocycles. The highest BCUT2D eigenvalue weighted by Gasteiger charge is 2.12. The molecule has 17 heavy (non-hydrogen) atoms. The highest BCUT2D eigenvalue weighted by Crippen LogP contribution is 2.23. The number of methoxy groups -OCH3 is 1. The van der Waals surface area contributed by atoms with Gasteiger partial charge in [0.2, 0.25) is 0 Å². The van der Waals surface area contributed by atoms with Crippen LogP contribution in [0, 0.1) is 11.6 Å². The fourth-order valence-electron chi connectivity index (χ4n) is 1.43. The molecule has 5 heteroatoms. The summed E-state index contributed by atoms with van der Waals surface area (Å²) in [5.41, 5.74) is 0.548. The van der Waals surface area contributed by atoms with Crippen LogP contribution >= 0.6 is 0 Å². The first-order chi connectivity index (χ1) is 8.19. The van der Waals surface area contributed by atoms with E-state index < -0.39 is 11.6 Å². The molecule has 3 nitrogen and oxygen atoms in total. The molecular weight excluding hydrogens is 228 g/mol. The predicted molar refractivity (Wildman–Crippen MR) is 61.1 cm³/mol. The summed E-state index contributed by atoms with van der Waals surface area (Å²) in [6.07, 6.45) is 0.591. The highest BCUT2D eigenvalue weighted by atomic mass is 19.1. The normalized spacial score (nSPS) is 10.6. The summed E-state index contributed by atoms with van der Waals surface area (Å²) in [7, 11) is 3.28. The number of hydrogen-bond acceptors (Lipinski definition) is 3. The van der Waals surface area contributed by atoms with E-state index in [-0.39, 0.29) is 12.4 Å². The molecule has 0 aliphatic heterocycles. The maximum absolute atomic E-state index is 13.5. The van der Waals surface area contributed by atoms with Crippen molar-refractivity contribution in [3.05, 3.63) is 29.3 Å². The number of hydrogen-bond donors (Lipinski definition) is 1. The summed E-state index contributed by atoms with van der Waals surface area (Å²) >= 11 is 0. The van der Waals surface area contributed by atoms with E-state index in [1.165, 1.54) is 12.1 Å². The number of nitrogens with one attached hydrogen (secondary N) is 1. The third-order valence-electron chi connectivity index (χ3n) is 2.18. The van der Waals surface area contributed by atoms with E-state index in [0.29, 0.717) is 25.1 Å². The molecular formula is C12H17F2NO2. The molecule has 0 saturated heterocycles. The van der Waals surface area contributed by atoms with E-state index in [1.54, 1.807) is 14.2 Å². The van der Waals surface area contributed by atoms with Gasteiger partial charge in [-0.05, 0) is 24.7 Å². The first-order valence-electron chi connectivity index (χ1n) is 5.43. The van der Waals surface area contributed by atoms with Gasteiger partial charge < -0.3 is 14.8 Å². The van der Waals surface area contributed by atoms with Gasteiger partial charge in [-0.1, -0.05) is 0 Å². The van der Waals surface area contributed by atoms with Crippen molar-refractivity contribution in [2.75, 3.05) is 27.4 Å². The Morgan fingerprint density at radius 2 is 1.82 bits per heavy atom. The monoisotopic (exact) mass is 245 g/mol. The number of benzene rings is 1. The molecule has 1 N–H and O–H groups in total. The van der Waals surface area contributed by atoms with E-state index in [2.05, 4.69) is 5.32 Å². The molecule has 1 aromatic rings. The van der Waals surface area contributed by atoms with Gasteiger partial charge in [0.15, 0.2) is 17.4 Å². The Morgan fingerprint density at radius 1 is 1.18 bits per heavy atom. The molecule has 0 amide bonds. The SMILES string of the molecule is CNCc1cc(F)c(OCCCOC)c(F)c1. The van der Waals surface area contributed by atoms with Gasteiger partial charge in [0.25, 0.3) is 0 Å². The lowest BCUT2D eigenvalue weighted by Crippen LogP contribution is -2.08. The van der Waals surface area contributed by atoms with Gasteiger partial charge in [0, 0.05) is 26.7 Å². The Kier molecular flexibility index (Phi) is 5.86. The second kappa shape index (κ2) is 7.19. The van der Waals surface area contributed by atoms with E-state index in [0.717, 1.165) is 0 Å². The first kappa shape index (κ1) is 13.9. The lowest BCUT2D eigenvalue weighted by molar-refractivity contribution is 0.168. The Bertz CT molecular complexity index is 335. The summed E-state index contributed by atoms with van der Waals surface area (Å²) in [6, 6.07) is 2.54. The van der Waals surface area contributed by atoms with Crippen LogP contribution in [0.4, 0.5) is 8.78 Å². The molecule has 0 saturated carbocycles. The zero-order valence-electron chi connectivity index (χ0n) is 10.1. The Morgan fingerprint density at radius 3 is 2.35 bits per heavy atom. The third kappa shape index (κ3) is 4.28. The van der Waals surface area contributed by atoms with Gasteiger partial charge in [0.05, 0.1) is 6.61 Å². The van der Waals surface area contributed by atoms with Crippen LogP contribution in [-0.4, -0.2) is 27.4 Å². The van der Waals surface area contributed by atoms with Crippen LogP contribution in [-0.2, 0) is 11.3 Å². The van der Waals surface area contributed by atoms with Gasteiger partial charge >= 0.3 is 0 Å². The van der Waals surface area contributed by atoms with Crippen LogP contribution < -0.4 is 10.1 Å². The zero-order chi connectivity index (χ0) is 12.7. The zero-order valence-corrected chi connectivity index (χ0v) is 10.1. The summed E-state index contributed by atoms with van der Waals surface area (Å²) in [4.78, 5) is 0. The fraction of sp³-hybridized carbons (Fsp3) is 0.500. The van der Waals surface area contributed by atoms with Gasteiger partial charge in [0.1, 0.15) is 0 Å². The van der Waals surface area contributed by atoms with E-state index >= 15 is 0 Å². The van der Waals surface area contributed by atoms with Gasteiger partial charge in [-0.3, -0.25) is 0 Å². The second-order valence-electron chi connectivity index (χ2n) is 3.61. The fourth-order valence-corrected chi connectivity index (χ4v) is 1.43. The molecule has 1 rings (SSSR count).